The standard InChI is InChI=1S/C24H21N3O2S2/c1-4-20-15(2)21-22(31-20)26-24(30-14-17-10-8-16(13-25)9-11-17)27(23(21)28)18-6-5-7-19(12-18)29-3/h5-12H,4,14H2,1-3H3. The van der Waals surface area contributed by atoms with Gasteiger partial charge in [-0.1, -0.05) is 36.9 Å². The molecule has 156 valence electrons. The topological polar surface area (TPSA) is 67.9 Å². The minimum Gasteiger partial charge on any atom is -0.497 e. The average molecular weight is 448 g/mol. The van der Waals surface area contributed by atoms with E-state index in [0.717, 1.165) is 28.1 Å². The van der Waals surface area contributed by atoms with Crippen LogP contribution in [0.25, 0.3) is 15.9 Å². The average Bonchev–Trinajstić information content (AvgIpc) is 3.13. The Morgan fingerprint density at radius 1 is 1.23 bits per heavy atom. The number of nitrogens with zero attached hydrogens (tertiary/aromatic N) is 3. The van der Waals surface area contributed by atoms with E-state index in [1.54, 1.807) is 35.1 Å². The Labute approximate surface area is 188 Å². The Bertz CT molecular complexity index is 1350. The normalized spacial score (nSPS) is 10.9. The summed E-state index contributed by atoms with van der Waals surface area (Å²) in [6.07, 6.45) is 0.874. The number of methoxy groups -OCH3 is 1. The highest BCUT2D eigenvalue weighted by atomic mass is 32.2. The summed E-state index contributed by atoms with van der Waals surface area (Å²) >= 11 is 3.10. The van der Waals surface area contributed by atoms with Crippen molar-refractivity contribution in [2.45, 2.75) is 31.2 Å². The third kappa shape index (κ3) is 4.09. The van der Waals surface area contributed by atoms with E-state index < -0.39 is 0 Å². The summed E-state index contributed by atoms with van der Waals surface area (Å²) in [6.45, 7) is 4.10. The Hall–Kier alpha value is -3.08. The molecule has 0 spiro atoms. The van der Waals surface area contributed by atoms with Crippen LogP contribution in [0, 0.1) is 18.3 Å². The van der Waals surface area contributed by atoms with Crippen LogP contribution in [0.1, 0.15) is 28.5 Å². The molecule has 31 heavy (non-hydrogen) atoms. The van der Waals surface area contributed by atoms with Gasteiger partial charge in [0, 0.05) is 16.7 Å². The SMILES string of the molecule is CCc1sc2nc(SCc3ccc(C#N)cc3)n(-c3cccc(OC)c3)c(=O)c2c1C. The molecule has 0 fully saturated rings. The lowest BCUT2D eigenvalue weighted by Gasteiger charge is -2.13. The molecule has 0 N–H and O–H groups in total. The third-order valence-electron chi connectivity index (χ3n) is 5.12. The molecule has 0 aliphatic heterocycles. The Balaban J connectivity index is 1.85. The highest BCUT2D eigenvalue weighted by Gasteiger charge is 2.19. The van der Waals surface area contributed by atoms with Gasteiger partial charge < -0.3 is 4.74 Å². The smallest absolute Gasteiger partial charge is 0.267 e. The molecular formula is C24H21N3O2S2. The van der Waals surface area contributed by atoms with Crippen LogP contribution in [0.4, 0.5) is 0 Å². The maximum absolute atomic E-state index is 13.6. The van der Waals surface area contributed by atoms with Gasteiger partial charge in [0.25, 0.3) is 5.56 Å². The quantitative estimate of drug-likeness (QED) is 0.289. The van der Waals surface area contributed by atoms with Gasteiger partial charge in [-0.25, -0.2) is 4.98 Å². The fourth-order valence-corrected chi connectivity index (χ4v) is 5.57. The summed E-state index contributed by atoms with van der Waals surface area (Å²) < 4.78 is 7.05. The zero-order chi connectivity index (χ0) is 22.0. The van der Waals surface area contributed by atoms with Crippen molar-refractivity contribution in [3.63, 3.8) is 0 Å². The van der Waals surface area contributed by atoms with Crippen molar-refractivity contribution < 1.29 is 4.74 Å². The predicted molar refractivity (Wildman–Crippen MR) is 127 cm³/mol. The second kappa shape index (κ2) is 8.96. The van der Waals surface area contributed by atoms with Gasteiger partial charge in [-0.2, -0.15) is 5.26 Å². The molecule has 0 aliphatic carbocycles. The highest BCUT2D eigenvalue weighted by molar-refractivity contribution is 7.98. The molecule has 4 aromatic rings. The van der Waals surface area contributed by atoms with Crippen molar-refractivity contribution >= 4 is 33.3 Å². The number of rotatable bonds is 6. The number of hydrogen-bond acceptors (Lipinski definition) is 6. The summed E-state index contributed by atoms with van der Waals surface area (Å²) in [5.41, 5.74) is 3.37. The van der Waals surface area contributed by atoms with Crippen LogP contribution in [-0.2, 0) is 12.2 Å². The molecule has 7 heteroatoms. The molecule has 0 unspecified atom stereocenters. The molecule has 0 saturated heterocycles. The third-order valence-corrected chi connectivity index (χ3v) is 7.46. The van der Waals surface area contributed by atoms with Crippen LogP contribution in [0.5, 0.6) is 5.75 Å². The van der Waals surface area contributed by atoms with E-state index in [9.17, 15) is 4.79 Å². The van der Waals surface area contributed by atoms with Crippen LogP contribution in [0.2, 0.25) is 0 Å². The van der Waals surface area contributed by atoms with Gasteiger partial charge in [0.05, 0.1) is 29.8 Å². The maximum atomic E-state index is 13.6. The number of ether oxygens (including phenoxy) is 1. The van der Waals surface area contributed by atoms with Crippen molar-refractivity contribution in [2.75, 3.05) is 7.11 Å². The molecule has 2 heterocycles. The molecule has 5 nitrogen and oxygen atoms in total. The molecular weight excluding hydrogens is 426 g/mol. The molecule has 0 bridgehead atoms. The number of aryl methyl sites for hydroxylation is 2. The number of aromatic nitrogens is 2. The van der Waals surface area contributed by atoms with Crippen molar-refractivity contribution in [3.05, 3.63) is 80.5 Å². The second-order valence-electron chi connectivity index (χ2n) is 7.02. The first-order chi connectivity index (χ1) is 15.0. The van der Waals surface area contributed by atoms with Crippen molar-refractivity contribution in [2.24, 2.45) is 0 Å². The monoisotopic (exact) mass is 447 g/mol. The van der Waals surface area contributed by atoms with Crippen molar-refractivity contribution in [1.29, 1.82) is 5.26 Å². The van der Waals surface area contributed by atoms with Gasteiger partial charge in [-0.3, -0.25) is 9.36 Å². The first-order valence-electron chi connectivity index (χ1n) is 9.87. The molecule has 2 aromatic carbocycles. The van der Waals surface area contributed by atoms with E-state index in [-0.39, 0.29) is 5.56 Å². The van der Waals surface area contributed by atoms with Gasteiger partial charge in [-0.15, -0.1) is 11.3 Å². The van der Waals surface area contributed by atoms with Crippen LogP contribution >= 0.6 is 23.1 Å². The summed E-state index contributed by atoms with van der Waals surface area (Å²) in [5.74, 6) is 1.32. The Morgan fingerprint density at radius 2 is 2.00 bits per heavy atom. The van der Waals surface area contributed by atoms with Gasteiger partial charge in [-0.05, 0) is 48.7 Å². The van der Waals surface area contributed by atoms with Crippen LogP contribution in [0.3, 0.4) is 0 Å². The van der Waals surface area contributed by atoms with Crippen LogP contribution in [-0.4, -0.2) is 16.7 Å². The molecule has 0 atom stereocenters. The Kier molecular flexibility index (Phi) is 6.12. The predicted octanol–water partition coefficient (Wildman–Crippen LogP) is 5.49. The van der Waals surface area contributed by atoms with Gasteiger partial charge >= 0.3 is 0 Å². The number of thioether (sulfide) groups is 1. The number of benzene rings is 2. The zero-order valence-electron chi connectivity index (χ0n) is 17.5. The van der Waals surface area contributed by atoms with E-state index in [1.165, 1.54) is 16.6 Å². The fourth-order valence-electron chi connectivity index (χ4n) is 3.45. The summed E-state index contributed by atoms with van der Waals surface area (Å²) in [6, 6.07) is 17.1. The molecule has 0 amide bonds. The Morgan fingerprint density at radius 3 is 2.68 bits per heavy atom. The summed E-state index contributed by atoms with van der Waals surface area (Å²) in [4.78, 5) is 20.5. The van der Waals surface area contributed by atoms with Gasteiger partial charge in [0.2, 0.25) is 0 Å². The zero-order valence-corrected chi connectivity index (χ0v) is 19.1. The van der Waals surface area contributed by atoms with Gasteiger partial charge in [0.1, 0.15) is 10.6 Å². The maximum Gasteiger partial charge on any atom is 0.267 e. The first-order valence-corrected chi connectivity index (χ1v) is 11.7. The number of thiophene rings is 1. The molecule has 4 rings (SSSR count). The van der Waals surface area contributed by atoms with E-state index >= 15 is 0 Å². The minimum absolute atomic E-state index is 0.0611. The van der Waals surface area contributed by atoms with Crippen LogP contribution in [0.15, 0.2) is 58.5 Å². The van der Waals surface area contributed by atoms with E-state index in [1.807, 2.05) is 43.3 Å². The lowest BCUT2D eigenvalue weighted by Crippen LogP contribution is -2.21. The van der Waals surface area contributed by atoms with Gasteiger partial charge in [0.15, 0.2) is 5.16 Å². The number of nitriles is 1. The fraction of sp³-hybridized carbons (Fsp3) is 0.208. The second-order valence-corrected chi connectivity index (χ2v) is 9.04. The molecule has 0 radical (unpaired) electrons. The first kappa shape index (κ1) is 21.2. The molecule has 0 aliphatic rings. The summed E-state index contributed by atoms with van der Waals surface area (Å²) in [7, 11) is 1.61. The lowest BCUT2D eigenvalue weighted by atomic mass is 10.2. The van der Waals surface area contributed by atoms with Crippen molar-refractivity contribution in [3.8, 4) is 17.5 Å². The lowest BCUT2D eigenvalue weighted by molar-refractivity contribution is 0.414. The van der Waals surface area contributed by atoms with E-state index in [0.29, 0.717) is 27.6 Å². The van der Waals surface area contributed by atoms with E-state index in [2.05, 4.69) is 13.0 Å². The largest absolute Gasteiger partial charge is 0.497 e. The van der Waals surface area contributed by atoms with Crippen molar-refractivity contribution in [1.82, 2.24) is 9.55 Å². The summed E-state index contributed by atoms with van der Waals surface area (Å²) in [5, 5.41) is 10.3. The number of fused-ring (bicyclic) bond motifs is 1. The molecule has 2 aromatic heterocycles. The molecule has 0 saturated carbocycles. The van der Waals surface area contributed by atoms with Crippen LogP contribution < -0.4 is 10.3 Å². The number of hydrogen-bond donors (Lipinski definition) is 0. The van der Waals surface area contributed by atoms with E-state index in [4.69, 9.17) is 15.0 Å². The highest BCUT2D eigenvalue weighted by Crippen LogP contribution is 2.32. The minimum atomic E-state index is -0.0611.